The Morgan fingerprint density at radius 3 is 2.86 bits per heavy atom. The highest BCUT2D eigenvalue weighted by Gasteiger charge is 2.35. The van der Waals surface area contributed by atoms with E-state index in [0.29, 0.717) is 4.90 Å². The Morgan fingerprint density at radius 2 is 2.18 bits per heavy atom. The van der Waals surface area contributed by atoms with Crippen molar-refractivity contribution in [2.24, 2.45) is 0 Å². The molecule has 1 aliphatic heterocycles. The van der Waals surface area contributed by atoms with Gasteiger partial charge in [-0.1, -0.05) is 18.5 Å². The van der Waals surface area contributed by atoms with E-state index in [-0.39, 0.29) is 23.4 Å². The molecular weight excluding hydrogens is 384 g/mol. The summed E-state index contributed by atoms with van der Waals surface area (Å²) in [5, 5.41) is -0.400. The SMILES string of the molecule is [2H]C([2H])(C)c1cnc(CCC([2H])([2H])C2(F)CCN(C(=O)c3ccc(F)c(Cl)c3)C([2H])([2H])C2([2H])[2H])nc1. The second-order valence-corrected chi connectivity index (χ2v) is 6.60. The molecule has 0 saturated carbocycles. The quantitative estimate of drug-likeness (QED) is 0.680. The van der Waals surface area contributed by atoms with Gasteiger partial charge in [0, 0.05) is 48.4 Å². The van der Waals surface area contributed by atoms with Crippen LogP contribution in [0.2, 0.25) is 5.02 Å². The van der Waals surface area contributed by atoms with Gasteiger partial charge in [0.2, 0.25) is 0 Å². The number of benzene rings is 1. The molecule has 1 aromatic heterocycles. The van der Waals surface area contributed by atoms with Crippen LogP contribution < -0.4 is 0 Å². The molecule has 3 rings (SSSR count). The molecule has 0 spiro atoms. The van der Waals surface area contributed by atoms with Gasteiger partial charge in [0.25, 0.3) is 5.91 Å². The van der Waals surface area contributed by atoms with Crippen LogP contribution in [-0.2, 0) is 12.8 Å². The minimum absolute atomic E-state index is 0.0832. The van der Waals surface area contributed by atoms with Crippen molar-refractivity contribution in [2.75, 3.05) is 13.0 Å². The summed E-state index contributed by atoms with van der Waals surface area (Å²) in [7, 11) is 0. The number of amides is 1. The number of halogens is 3. The van der Waals surface area contributed by atoms with Gasteiger partial charge in [0.1, 0.15) is 17.3 Å². The summed E-state index contributed by atoms with van der Waals surface area (Å²) in [6.07, 6.45) is -7.27. The number of likely N-dealkylation sites (tertiary alicyclic amines) is 1. The van der Waals surface area contributed by atoms with Crippen LogP contribution in [0.1, 0.15) is 65.2 Å². The smallest absolute Gasteiger partial charge is 0.253 e. The number of nitrogens with zero attached hydrogens (tertiary/aromatic N) is 3. The van der Waals surface area contributed by atoms with Crippen molar-refractivity contribution in [1.82, 2.24) is 14.9 Å². The number of piperidine rings is 1. The molecule has 2 heterocycles. The van der Waals surface area contributed by atoms with Gasteiger partial charge in [-0.05, 0) is 55.7 Å². The number of hydrogen-bond donors (Lipinski definition) is 0. The normalized spacial score (nSPS) is 28.5. The van der Waals surface area contributed by atoms with Crippen LogP contribution in [0, 0.1) is 5.82 Å². The van der Waals surface area contributed by atoms with Gasteiger partial charge in [-0.3, -0.25) is 4.79 Å². The summed E-state index contributed by atoms with van der Waals surface area (Å²) in [5.41, 5.74) is -3.37. The molecule has 1 fully saturated rings. The van der Waals surface area contributed by atoms with Crippen molar-refractivity contribution in [1.29, 1.82) is 0 Å². The Hall–Kier alpha value is -2.08. The molecular formula is C21H24ClF2N3O. The van der Waals surface area contributed by atoms with Gasteiger partial charge in [-0.2, -0.15) is 0 Å². The van der Waals surface area contributed by atoms with Crippen molar-refractivity contribution in [2.45, 2.75) is 51.0 Å². The molecule has 1 atom stereocenters. The molecule has 4 nitrogen and oxygen atoms in total. The van der Waals surface area contributed by atoms with Crippen LogP contribution in [-0.4, -0.2) is 39.5 Å². The molecule has 1 aliphatic rings. The van der Waals surface area contributed by atoms with Gasteiger partial charge in [0.05, 0.1) is 5.02 Å². The van der Waals surface area contributed by atoms with Crippen LogP contribution in [0.4, 0.5) is 8.78 Å². The van der Waals surface area contributed by atoms with E-state index in [9.17, 15) is 9.18 Å². The minimum atomic E-state index is -3.48. The van der Waals surface area contributed by atoms with E-state index in [1.165, 1.54) is 19.3 Å². The summed E-state index contributed by atoms with van der Waals surface area (Å²) in [6.45, 7) is -2.60. The highest BCUT2D eigenvalue weighted by atomic mass is 35.5. The first-order valence-electron chi connectivity index (χ1n) is 12.6. The molecule has 2 aromatic rings. The fourth-order valence-electron chi connectivity index (χ4n) is 2.60. The Labute approximate surface area is 180 Å². The number of hydrogen-bond acceptors (Lipinski definition) is 3. The Balaban J connectivity index is 1.84. The number of carbonyl (C=O) groups is 1. The van der Waals surface area contributed by atoms with E-state index in [1.54, 1.807) is 0 Å². The molecule has 1 amide bonds. The van der Waals surface area contributed by atoms with Crippen molar-refractivity contribution in [3.63, 3.8) is 0 Å². The minimum Gasteiger partial charge on any atom is -0.338 e. The third-order valence-electron chi connectivity index (χ3n) is 4.23. The van der Waals surface area contributed by atoms with Crippen molar-refractivity contribution >= 4 is 17.5 Å². The highest BCUT2D eigenvalue weighted by molar-refractivity contribution is 6.31. The molecule has 0 bridgehead atoms. The van der Waals surface area contributed by atoms with E-state index < -0.39 is 67.4 Å². The average Bonchev–Trinajstić information content (AvgIpc) is 2.77. The molecule has 1 unspecified atom stereocenters. The third-order valence-corrected chi connectivity index (χ3v) is 4.52. The van der Waals surface area contributed by atoms with Gasteiger partial charge in [-0.25, -0.2) is 18.7 Å². The third kappa shape index (κ3) is 5.04. The highest BCUT2D eigenvalue weighted by Crippen LogP contribution is 2.32. The monoisotopic (exact) mass is 415 g/mol. The van der Waals surface area contributed by atoms with Crippen molar-refractivity contribution < 1.29 is 24.5 Å². The van der Waals surface area contributed by atoms with Crippen LogP contribution in [0.5, 0.6) is 0 Å². The molecule has 1 saturated heterocycles. The van der Waals surface area contributed by atoms with Gasteiger partial charge in [0.15, 0.2) is 0 Å². The summed E-state index contributed by atoms with van der Waals surface area (Å²) in [4.78, 5) is 21.3. The summed E-state index contributed by atoms with van der Waals surface area (Å²) in [6, 6.07) is 2.89. The topological polar surface area (TPSA) is 46.1 Å². The van der Waals surface area contributed by atoms with E-state index >= 15 is 4.39 Å². The first-order valence-corrected chi connectivity index (χ1v) is 9.00. The van der Waals surface area contributed by atoms with E-state index in [4.69, 9.17) is 22.6 Å². The summed E-state index contributed by atoms with van der Waals surface area (Å²) < 4.78 is 94.9. The lowest BCUT2D eigenvalue weighted by Crippen LogP contribution is -2.44. The maximum Gasteiger partial charge on any atom is 0.253 e. The Morgan fingerprint density at radius 1 is 1.43 bits per heavy atom. The van der Waals surface area contributed by atoms with Crippen LogP contribution in [0.25, 0.3) is 0 Å². The van der Waals surface area contributed by atoms with Crippen LogP contribution >= 0.6 is 11.6 Å². The second-order valence-electron chi connectivity index (χ2n) is 6.19. The zero-order chi connectivity index (χ0) is 27.3. The second kappa shape index (κ2) is 8.95. The number of aromatic nitrogens is 2. The lowest BCUT2D eigenvalue weighted by atomic mass is 9.88. The number of rotatable bonds is 6. The lowest BCUT2D eigenvalue weighted by molar-refractivity contribution is 0.0389. The zero-order valence-corrected chi connectivity index (χ0v) is 15.9. The molecule has 1 aromatic carbocycles. The van der Waals surface area contributed by atoms with E-state index in [0.717, 1.165) is 18.2 Å². The first kappa shape index (κ1) is 12.5. The number of alkyl halides is 1. The first-order chi connectivity index (χ1) is 16.3. The van der Waals surface area contributed by atoms with Crippen LogP contribution in [0.15, 0.2) is 30.6 Å². The van der Waals surface area contributed by atoms with Gasteiger partial charge >= 0.3 is 0 Å². The predicted molar refractivity (Wildman–Crippen MR) is 105 cm³/mol. The maximum atomic E-state index is 16.2. The molecule has 150 valence electrons. The van der Waals surface area contributed by atoms with Crippen molar-refractivity contribution in [3.05, 3.63) is 58.4 Å². The molecule has 0 aliphatic carbocycles. The predicted octanol–water partition coefficient (Wildman–Crippen LogP) is 4.80. The Kier molecular flexibility index (Phi) is 3.99. The standard InChI is InChI=1S/C21H24ClF2N3O/c1-2-15-13-25-19(26-14-15)4-3-7-21(24)8-10-27(11-9-21)20(28)16-5-6-18(23)17(22)12-16/h5-6,12-14H,2-4,7-11H2,1H3/i2D2,7D2,8D2,10D2. The number of aryl methyl sites for hydroxylation is 2. The maximum absolute atomic E-state index is 16.2. The van der Waals surface area contributed by atoms with Gasteiger partial charge < -0.3 is 4.90 Å². The van der Waals surface area contributed by atoms with Crippen molar-refractivity contribution in [3.8, 4) is 0 Å². The van der Waals surface area contributed by atoms with E-state index in [1.807, 2.05) is 0 Å². The van der Waals surface area contributed by atoms with Gasteiger partial charge in [-0.15, -0.1) is 0 Å². The zero-order valence-electron chi connectivity index (χ0n) is 23.1. The summed E-state index contributed by atoms with van der Waals surface area (Å²) >= 11 is 5.69. The fraction of sp³-hybridized carbons (Fsp3) is 0.476. The largest absolute Gasteiger partial charge is 0.338 e. The fourth-order valence-corrected chi connectivity index (χ4v) is 2.78. The van der Waals surface area contributed by atoms with Crippen LogP contribution in [0.3, 0.4) is 0 Å². The molecule has 7 heteroatoms. The lowest BCUT2D eigenvalue weighted by Gasteiger charge is -2.36. The van der Waals surface area contributed by atoms with E-state index in [2.05, 4.69) is 9.97 Å². The average molecular weight is 416 g/mol. The Bertz CT molecular complexity index is 1150. The molecule has 0 radical (unpaired) electrons. The molecule has 28 heavy (non-hydrogen) atoms. The summed E-state index contributed by atoms with van der Waals surface area (Å²) in [5.74, 6) is -1.77. The number of carbonyl (C=O) groups excluding carboxylic acids is 1. The molecule has 0 N–H and O–H groups in total.